The average Bonchev–Trinajstić information content (AvgIpc) is 3.20. The van der Waals surface area contributed by atoms with Crippen LogP contribution < -0.4 is 0 Å². The number of carbonyl (C=O) groups is 1. The number of aromatic nitrogens is 1. The van der Waals surface area contributed by atoms with Crippen LogP contribution >= 0.6 is 0 Å². The first-order valence-electron chi connectivity index (χ1n) is 8.87. The van der Waals surface area contributed by atoms with E-state index < -0.39 is 0 Å². The van der Waals surface area contributed by atoms with E-state index in [1.807, 2.05) is 13.0 Å². The zero-order valence-corrected chi connectivity index (χ0v) is 14.1. The highest BCUT2D eigenvalue weighted by molar-refractivity contribution is 5.78. The van der Waals surface area contributed by atoms with Crippen molar-refractivity contribution in [3.8, 4) is 0 Å². The molecule has 3 fully saturated rings. The van der Waals surface area contributed by atoms with Crippen molar-refractivity contribution < 1.29 is 18.9 Å². The second-order valence-electron chi connectivity index (χ2n) is 7.17. The number of amides is 1. The maximum Gasteiger partial charge on any atom is 0.251 e. The third-order valence-corrected chi connectivity index (χ3v) is 5.34. The van der Waals surface area contributed by atoms with E-state index in [0.717, 1.165) is 50.5 Å². The van der Waals surface area contributed by atoms with Gasteiger partial charge in [0.05, 0.1) is 31.4 Å². The van der Waals surface area contributed by atoms with Gasteiger partial charge in [0.2, 0.25) is 0 Å². The Bertz CT molecular complexity index is 584. The van der Waals surface area contributed by atoms with Crippen LogP contribution in [0.5, 0.6) is 0 Å². The van der Waals surface area contributed by atoms with Crippen molar-refractivity contribution in [1.29, 1.82) is 0 Å². The molecule has 4 heterocycles. The summed E-state index contributed by atoms with van der Waals surface area (Å²) in [6.45, 7) is 7.12. The molecule has 0 saturated carbocycles. The first-order chi connectivity index (χ1) is 11.7. The zero-order valence-electron chi connectivity index (χ0n) is 14.1. The minimum atomic E-state index is -0.0918. The molecule has 0 aromatic carbocycles. The van der Waals surface area contributed by atoms with Crippen LogP contribution in [-0.2, 0) is 20.9 Å². The summed E-state index contributed by atoms with van der Waals surface area (Å²) in [7, 11) is 0. The minimum absolute atomic E-state index is 0.0918. The van der Waals surface area contributed by atoms with Gasteiger partial charge in [0.1, 0.15) is 5.76 Å². The average molecular weight is 335 g/mol. The molecule has 0 aliphatic carbocycles. The molecule has 132 valence electrons. The lowest BCUT2D eigenvalue weighted by molar-refractivity contribution is -0.207. The molecule has 3 aliphatic heterocycles. The Morgan fingerprint density at radius 3 is 3.00 bits per heavy atom. The number of fused-ring (bicyclic) bond motifs is 1. The van der Waals surface area contributed by atoms with Crippen LogP contribution in [0.3, 0.4) is 0 Å². The topological polar surface area (TPSA) is 68.0 Å². The lowest BCUT2D eigenvalue weighted by Gasteiger charge is -2.36. The summed E-state index contributed by atoms with van der Waals surface area (Å²) in [5.74, 6) is 1.59. The molecule has 0 spiro atoms. The van der Waals surface area contributed by atoms with Crippen LogP contribution in [0.4, 0.5) is 0 Å². The molecule has 24 heavy (non-hydrogen) atoms. The van der Waals surface area contributed by atoms with Crippen LogP contribution in [0.25, 0.3) is 0 Å². The van der Waals surface area contributed by atoms with Crippen LogP contribution in [0, 0.1) is 24.7 Å². The van der Waals surface area contributed by atoms with Crippen molar-refractivity contribution >= 4 is 5.91 Å². The largest absolute Gasteiger partial charge is 0.380 e. The number of ether oxygens (including phenoxy) is 1. The van der Waals surface area contributed by atoms with Gasteiger partial charge in [0, 0.05) is 32.2 Å². The smallest absolute Gasteiger partial charge is 0.251 e. The number of hydroxylamine groups is 2. The summed E-state index contributed by atoms with van der Waals surface area (Å²) in [5.41, 5.74) is 0.953. The molecule has 1 aromatic heterocycles. The number of aryl methyl sites for hydroxylation is 1. The van der Waals surface area contributed by atoms with Gasteiger partial charge in [-0.1, -0.05) is 5.16 Å². The Morgan fingerprint density at radius 1 is 1.33 bits per heavy atom. The Balaban J connectivity index is 1.41. The van der Waals surface area contributed by atoms with E-state index in [0.29, 0.717) is 31.6 Å². The number of hydrogen-bond acceptors (Lipinski definition) is 6. The molecular weight excluding hydrogens is 310 g/mol. The molecule has 1 amide bonds. The van der Waals surface area contributed by atoms with E-state index in [-0.39, 0.29) is 11.8 Å². The van der Waals surface area contributed by atoms with Crippen LogP contribution in [0.2, 0.25) is 0 Å². The molecule has 0 N–H and O–H groups in total. The lowest BCUT2D eigenvalue weighted by Crippen LogP contribution is -2.47. The van der Waals surface area contributed by atoms with Crippen LogP contribution in [0.15, 0.2) is 10.6 Å². The van der Waals surface area contributed by atoms with E-state index in [2.05, 4.69) is 10.1 Å². The van der Waals surface area contributed by atoms with Gasteiger partial charge >= 0.3 is 0 Å². The number of nitrogens with zero attached hydrogens (tertiary/aromatic N) is 3. The predicted octanol–water partition coefficient (Wildman–Crippen LogP) is 1.23. The summed E-state index contributed by atoms with van der Waals surface area (Å²) >= 11 is 0. The summed E-state index contributed by atoms with van der Waals surface area (Å²) in [6.07, 6.45) is 2.05. The Hall–Kier alpha value is -1.44. The highest BCUT2D eigenvalue weighted by atomic mass is 16.7. The van der Waals surface area contributed by atoms with E-state index in [1.165, 1.54) is 0 Å². The van der Waals surface area contributed by atoms with Gasteiger partial charge in [0.25, 0.3) is 5.91 Å². The minimum Gasteiger partial charge on any atom is -0.380 e. The highest BCUT2D eigenvalue weighted by Crippen LogP contribution is 2.36. The van der Waals surface area contributed by atoms with Crippen molar-refractivity contribution in [2.24, 2.45) is 17.8 Å². The van der Waals surface area contributed by atoms with Crippen molar-refractivity contribution in [2.45, 2.75) is 26.3 Å². The van der Waals surface area contributed by atoms with Gasteiger partial charge in [-0.3, -0.25) is 14.5 Å². The van der Waals surface area contributed by atoms with Crippen LogP contribution in [0.1, 0.15) is 24.3 Å². The molecule has 0 radical (unpaired) electrons. The molecule has 1 aromatic rings. The predicted molar refractivity (Wildman–Crippen MR) is 84.7 cm³/mol. The van der Waals surface area contributed by atoms with E-state index in [1.54, 1.807) is 5.06 Å². The van der Waals surface area contributed by atoms with E-state index in [4.69, 9.17) is 14.1 Å². The number of rotatable bonds is 3. The fraction of sp³-hybridized carbons (Fsp3) is 0.765. The molecule has 3 atom stereocenters. The van der Waals surface area contributed by atoms with Gasteiger partial charge in [-0.15, -0.1) is 0 Å². The van der Waals surface area contributed by atoms with E-state index in [9.17, 15) is 4.79 Å². The van der Waals surface area contributed by atoms with Crippen molar-refractivity contribution in [3.05, 3.63) is 17.5 Å². The number of likely N-dealkylation sites (tertiary alicyclic amines) is 1. The second-order valence-corrected chi connectivity index (χ2v) is 7.17. The fourth-order valence-corrected chi connectivity index (χ4v) is 4.15. The summed E-state index contributed by atoms with van der Waals surface area (Å²) < 4.78 is 10.9. The van der Waals surface area contributed by atoms with Crippen molar-refractivity contribution in [1.82, 2.24) is 15.1 Å². The van der Waals surface area contributed by atoms with Gasteiger partial charge in [0.15, 0.2) is 0 Å². The summed E-state index contributed by atoms with van der Waals surface area (Å²) in [4.78, 5) is 20.8. The van der Waals surface area contributed by atoms with Gasteiger partial charge in [-0.25, -0.2) is 5.06 Å². The second kappa shape index (κ2) is 6.82. The van der Waals surface area contributed by atoms with Gasteiger partial charge in [-0.05, 0) is 31.6 Å². The Labute approximate surface area is 141 Å². The monoisotopic (exact) mass is 335 g/mol. The molecule has 7 heteroatoms. The lowest BCUT2D eigenvalue weighted by atomic mass is 9.82. The van der Waals surface area contributed by atoms with E-state index >= 15 is 0 Å². The Morgan fingerprint density at radius 2 is 2.25 bits per heavy atom. The summed E-state index contributed by atoms with van der Waals surface area (Å²) in [5, 5.41) is 5.65. The molecule has 3 saturated heterocycles. The molecule has 4 rings (SSSR count). The zero-order chi connectivity index (χ0) is 16.5. The quantitative estimate of drug-likeness (QED) is 0.828. The first kappa shape index (κ1) is 16.1. The highest BCUT2D eigenvalue weighted by Gasteiger charge is 2.45. The number of carbonyl (C=O) groups excluding carboxylic acids is 1. The van der Waals surface area contributed by atoms with Crippen molar-refractivity contribution in [3.63, 3.8) is 0 Å². The molecular formula is C17H25N3O4. The molecule has 0 bridgehead atoms. The van der Waals surface area contributed by atoms with Crippen molar-refractivity contribution in [2.75, 3.05) is 39.5 Å². The van der Waals surface area contributed by atoms with Gasteiger partial charge in [-0.2, -0.15) is 0 Å². The SMILES string of the molecule is Cc1cc(CN2C[C@@H]3COC[C@H](C(=O)N4CCCCO4)[C@@H]3C2)no1. The molecule has 0 unspecified atom stereocenters. The number of hydrogen-bond donors (Lipinski definition) is 0. The Kier molecular flexibility index (Phi) is 4.56. The standard InChI is InChI=1S/C17H25N3O4/c1-12-6-14(18-24-12)8-19-7-13-10-22-11-16(15(13)9-19)17(21)20-4-2-3-5-23-20/h6,13,15-16H,2-5,7-11H2,1H3/t13-,15-,16+/m1/s1. The fourth-order valence-electron chi connectivity index (χ4n) is 4.15. The maximum atomic E-state index is 12.8. The maximum absolute atomic E-state index is 12.8. The molecule has 3 aliphatic rings. The van der Waals surface area contributed by atoms with Crippen LogP contribution in [-0.4, -0.2) is 60.5 Å². The summed E-state index contributed by atoms with van der Waals surface area (Å²) in [6, 6.07) is 1.97. The third-order valence-electron chi connectivity index (χ3n) is 5.34. The van der Waals surface area contributed by atoms with Gasteiger partial charge < -0.3 is 9.26 Å². The molecule has 7 nitrogen and oxygen atoms in total. The third kappa shape index (κ3) is 3.20. The first-order valence-corrected chi connectivity index (χ1v) is 8.87. The normalized spacial score (nSPS) is 31.2.